The number of hydrogen-bond donors (Lipinski definition) is 1. The van der Waals surface area contributed by atoms with E-state index in [1.165, 1.54) is 18.2 Å². The molecule has 0 aromatic heterocycles. The van der Waals surface area contributed by atoms with Crippen LogP contribution in [0, 0.1) is 17.1 Å². The summed E-state index contributed by atoms with van der Waals surface area (Å²) in [4.78, 5) is 14.1. The van der Waals surface area contributed by atoms with Crippen molar-refractivity contribution in [2.75, 3.05) is 11.4 Å². The number of amides is 1. The molecule has 0 saturated carbocycles. The maximum atomic E-state index is 13.2. The summed E-state index contributed by atoms with van der Waals surface area (Å²) in [5, 5.41) is 12.3. The van der Waals surface area contributed by atoms with Crippen molar-refractivity contribution in [3.8, 4) is 6.07 Å². The Morgan fingerprint density at radius 1 is 1.50 bits per heavy atom. The monoisotopic (exact) mass is 275 g/mol. The minimum absolute atomic E-state index is 0.0481. The lowest BCUT2D eigenvalue weighted by atomic mass is 10.0. The topological polar surface area (TPSA) is 56.1 Å². The van der Waals surface area contributed by atoms with Gasteiger partial charge in [-0.25, -0.2) is 4.39 Å². The van der Waals surface area contributed by atoms with Gasteiger partial charge >= 0.3 is 0 Å². The molecular formula is C15H18FN3O. The fourth-order valence-corrected chi connectivity index (χ4v) is 2.50. The first-order valence-electron chi connectivity index (χ1n) is 6.80. The van der Waals surface area contributed by atoms with E-state index >= 15 is 0 Å². The van der Waals surface area contributed by atoms with Crippen molar-refractivity contribution < 1.29 is 9.18 Å². The molecule has 20 heavy (non-hydrogen) atoms. The van der Waals surface area contributed by atoms with E-state index in [1.54, 1.807) is 4.90 Å². The SMILES string of the molecule is CC(C)NC1CCCN(c2ccc(F)cc2C#N)C1=O. The first kappa shape index (κ1) is 14.5. The van der Waals surface area contributed by atoms with Gasteiger partial charge in [-0.2, -0.15) is 5.26 Å². The van der Waals surface area contributed by atoms with E-state index in [0.717, 1.165) is 12.8 Å². The number of halogens is 1. The molecule has 0 radical (unpaired) electrons. The molecule has 1 atom stereocenters. The third-order valence-corrected chi connectivity index (χ3v) is 3.34. The van der Waals surface area contributed by atoms with Crippen molar-refractivity contribution in [2.24, 2.45) is 0 Å². The number of anilines is 1. The van der Waals surface area contributed by atoms with Gasteiger partial charge in [0, 0.05) is 12.6 Å². The zero-order valence-corrected chi connectivity index (χ0v) is 11.7. The number of nitrogens with zero attached hydrogens (tertiary/aromatic N) is 2. The maximum Gasteiger partial charge on any atom is 0.244 e. The number of rotatable bonds is 3. The quantitative estimate of drug-likeness (QED) is 0.920. The van der Waals surface area contributed by atoms with Gasteiger partial charge in [0.15, 0.2) is 0 Å². The Morgan fingerprint density at radius 3 is 2.90 bits per heavy atom. The second-order valence-corrected chi connectivity index (χ2v) is 5.28. The van der Waals surface area contributed by atoms with Crippen LogP contribution in [0.2, 0.25) is 0 Å². The van der Waals surface area contributed by atoms with E-state index < -0.39 is 5.82 Å². The Kier molecular flexibility index (Phi) is 4.35. The van der Waals surface area contributed by atoms with E-state index in [9.17, 15) is 9.18 Å². The molecule has 1 amide bonds. The van der Waals surface area contributed by atoms with Crippen LogP contribution in [0.3, 0.4) is 0 Å². The molecule has 1 N–H and O–H groups in total. The molecule has 1 aliphatic rings. The summed E-state index contributed by atoms with van der Waals surface area (Å²) in [5.74, 6) is -0.514. The van der Waals surface area contributed by atoms with Crippen LogP contribution >= 0.6 is 0 Å². The van der Waals surface area contributed by atoms with Gasteiger partial charge in [0.1, 0.15) is 11.9 Å². The molecule has 1 saturated heterocycles. The van der Waals surface area contributed by atoms with Crippen molar-refractivity contribution >= 4 is 11.6 Å². The largest absolute Gasteiger partial charge is 0.310 e. The lowest BCUT2D eigenvalue weighted by molar-refractivity contribution is -0.121. The molecule has 1 heterocycles. The zero-order chi connectivity index (χ0) is 14.7. The fourth-order valence-electron chi connectivity index (χ4n) is 2.50. The molecule has 0 spiro atoms. The van der Waals surface area contributed by atoms with Crippen molar-refractivity contribution in [3.63, 3.8) is 0 Å². The molecule has 106 valence electrons. The Bertz CT molecular complexity index is 551. The average molecular weight is 275 g/mol. The van der Waals surface area contributed by atoms with Crippen molar-refractivity contribution in [3.05, 3.63) is 29.6 Å². The van der Waals surface area contributed by atoms with Crippen molar-refractivity contribution in [1.82, 2.24) is 5.32 Å². The highest BCUT2D eigenvalue weighted by Crippen LogP contribution is 2.25. The number of hydrogen-bond acceptors (Lipinski definition) is 3. The van der Waals surface area contributed by atoms with Crippen LogP contribution in [0.15, 0.2) is 18.2 Å². The van der Waals surface area contributed by atoms with Crippen LogP contribution in [-0.2, 0) is 4.79 Å². The third-order valence-electron chi connectivity index (χ3n) is 3.34. The molecule has 1 fully saturated rings. The molecule has 1 unspecified atom stereocenters. The Balaban J connectivity index is 2.28. The number of benzene rings is 1. The molecule has 2 rings (SSSR count). The Morgan fingerprint density at radius 2 is 2.25 bits per heavy atom. The van der Waals surface area contributed by atoms with Gasteiger partial charge < -0.3 is 10.2 Å². The van der Waals surface area contributed by atoms with Gasteiger partial charge in [-0.1, -0.05) is 13.8 Å². The molecule has 0 bridgehead atoms. The zero-order valence-electron chi connectivity index (χ0n) is 11.7. The summed E-state index contributed by atoms with van der Waals surface area (Å²) in [6.07, 6.45) is 1.65. The van der Waals surface area contributed by atoms with E-state index in [0.29, 0.717) is 12.2 Å². The lowest BCUT2D eigenvalue weighted by Crippen LogP contribution is -2.52. The maximum absolute atomic E-state index is 13.2. The van der Waals surface area contributed by atoms with Gasteiger partial charge in [0.05, 0.1) is 17.3 Å². The number of carbonyl (C=O) groups is 1. The van der Waals surface area contributed by atoms with Crippen LogP contribution in [0.4, 0.5) is 10.1 Å². The first-order valence-corrected chi connectivity index (χ1v) is 6.80. The minimum atomic E-state index is -0.466. The van der Waals surface area contributed by atoms with Crippen LogP contribution in [-0.4, -0.2) is 24.5 Å². The Labute approximate surface area is 118 Å². The summed E-state index contributed by atoms with van der Waals surface area (Å²) in [7, 11) is 0. The van der Waals surface area contributed by atoms with E-state index in [1.807, 2.05) is 19.9 Å². The van der Waals surface area contributed by atoms with E-state index in [2.05, 4.69) is 5.32 Å². The second-order valence-electron chi connectivity index (χ2n) is 5.28. The van der Waals surface area contributed by atoms with Gasteiger partial charge in [-0.3, -0.25) is 4.79 Å². The normalized spacial score (nSPS) is 19.2. The summed E-state index contributed by atoms with van der Waals surface area (Å²) in [5.41, 5.74) is 0.692. The molecule has 0 aliphatic carbocycles. The summed E-state index contributed by atoms with van der Waals surface area (Å²) in [6.45, 7) is 4.55. The van der Waals surface area contributed by atoms with Crippen LogP contribution in [0.1, 0.15) is 32.3 Å². The van der Waals surface area contributed by atoms with Crippen LogP contribution in [0.5, 0.6) is 0 Å². The standard InChI is InChI=1S/C15H18FN3O/c1-10(2)18-13-4-3-7-19(15(13)20)14-6-5-12(16)8-11(14)9-17/h5-6,8,10,13,18H,3-4,7H2,1-2H3. The van der Waals surface area contributed by atoms with Gasteiger partial charge in [-0.15, -0.1) is 0 Å². The van der Waals surface area contributed by atoms with Gasteiger partial charge in [0.25, 0.3) is 0 Å². The molecule has 1 aromatic carbocycles. The average Bonchev–Trinajstić information content (AvgIpc) is 2.41. The number of nitriles is 1. The fraction of sp³-hybridized carbons (Fsp3) is 0.467. The minimum Gasteiger partial charge on any atom is -0.310 e. The predicted octanol–water partition coefficient (Wildman–Crippen LogP) is 2.19. The van der Waals surface area contributed by atoms with E-state index in [-0.39, 0.29) is 23.6 Å². The summed E-state index contributed by atoms with van der Waals surface area (Å²) in [6, 6.07) is 5.89. The molecule has 5 heteroatoms. The second kappa shape index (κ2) is 6.02. The highest BCUT2D eigenvalue weighted by atomic mass is 19.1. The molecule has 1 aliphatic heterocycles. The summed E-state index contributed by atoms with van der Waals surface area (Å²) >= 11 is 0. The predicted molar refractivity (Wildman–Crippen MR) is 74.8 cm³/mol. The molecule has 1 aromatic rings. The third kappa shape index (κ3) is 2.97. The molecule has 4 nitrogen and oxygen atoms in total. The highest BCUT2D eigenvalue weighted by molar-refractivity contribution is 5.99. The number of carbonyl (C=O) groups excluding carboxylic acids is 1. The van der Waals surface area contributed by atoms with E-state index in [4.69, 9.17) is 5.26 Å². The number of nitrogens with one attached hydrogen (secondary N) is 1. The van der Waals surface area contributed by atoms with Crippen molar-refractivity contribution in [1.29, 1.82) is 5.26 Å². The lowest BCUT2D eigenvalue weighted by Gasteiger charge is -2.34. The van der Waals surface area contributed by atoms with Crippen LogP contribution in [0.25, 0.3) is 0 Å². The first-order chi connectivity index (χ1) is 9.52. The molecular weight excluding hydrogens is 257 g/mol. The highest BCUT2D eigenvalue weighted by Gasteiger charge is 2.31. The van der Waals surface area contributed by atoms with Crippen LogP contribution < -0.4 is 10.2 Å². The van der Waals surface area contributed by atoms with Gasteiger partial charge in [-0.05, 0) is 31.0 Å². The summed E-state index contributed by atoms with van der Waals surface area (Å²) < 4.78 is 13.2. The van der Waals surface area contributed by atoms with Crippen molar-refractivity contribution in [2.45, 2.75) is 38.8 Å². The Hall–Kier alpha value is -1.93. The smallest absolute Gasteiger partial charge is 0.244 e. The number of piperidine rings is 1. The van der Waals surface area contributed by atoms with Gasteiger partial charge in [0.2, 0.25) is 5.91 Å².